The van der Waals surface area contributed by atoms with E-state index in [2.05, 4.69) is 34.4 Å². The van der Waals surface area contributed by atoms with Gasteiger partial charge in [-0.05, 0) is 64.4 Å². The van der Waals surface area contributed by atoms with Gasteiger partial charge in [0.2, 0.25) is 0 Å². The first-order chi connectivity index (χ1) is 12.0. The van der Waals surface area contributed by atoms with Crippen molar-refractivity contribution in [1.82, 2.24) is 20.5 Å². The van der Waals surface area contributed by atoms with E-state index in [4.69, 9.17) is 4.99 Å². The van der Waals surface area contributed by atoms with E-state index in [0.29, 0.717) is 6.54 Å². The molecule has 0 amide bonds. The van der Waals surface area contributed by atoms with Gasteiger partial charge in [-0.3, -0.25) is 14.9 Å². The summed E-state index contributed by atoms with van der Waals surface area (Å²) in [5.41, 5.74) is 0.902. The number of rotatable bonds is 7. The van der Waals surface area contributed by atoms with E-state index in [1.54, 1.807) is 12.4 Å². The van der Waals surface area contributed by atoms with E-state index in [9.17, 15) is 5.11 Å². The Kier molecular flexibility index (Phi) is 7.65. The molecule has 1 fully saturated rings. The molecule has 0 bridgehead atoms. The number of hydrogen-bond donors (Lipinski definition) is 3. The van der Waals surface area contributed by atoms with Crippen LogP contribution in [0, 0.1) is 0 Å². The van der Waals surface area contributed by atoms with Crippen LogP contribution in [0.3, 0.4) is 0 Å². The maximum Gasteiger partial charge on any atom is 0.191 e. The maximum atomic E-state index is 10.3. The van der Waals surface area contributed by atoms with Crippen LogP contribution in [0.5, 0.6) is 0 Å². The molecule has 1 aromatic rings. The average Bonchev–Trinajstić information content (AvgIpc) is 2.65. The van der Waals surface area contributed by atoms with E-state index in [-0.39, 0.29) is 5.54 Å². The Morgan fingerprint density at radius 3 is 2.56 bits per heavy atom. The van der Waals surface area contributed by atoms with Crippen LogP contribution in [-0.2, 0) is 0 Å². The van der Waals surface area contributed by atoms with Crippen molar-refractivity contribution in [3.8, 4) is 0 Å². The minimum atomic E-state index is -0.582. The van der Waals surface area contributed by atoms with Crippen LogP contribution >= 0.6 is 0 Å². The molecule has 1 saturated heterocycles. The minimum absolute atomic E-state index is 0.0481. The fraction of sp³-hybridized carbons (Fsp3) is 0.684. The summed E-state index contributed by atoms with van der Waals surface area (Å²) in [5.74, 6) is 0.751. The smallest absolute Gasteiger partial charge is 0.191 e. The van der Waals surface area contributed by atoms with Crippen LogP contribution < -0.4 is 10.6 Å². The summed E-state index contributed by atoms with van der Waals surface area (Å²) in [6, 6.07) is 3.66. The van der Waals surface area contributed by atoms with Gasteiger partial charge in [-0.15, -0.1) is 0 Å². The molecule has 1 aliphatic rings. The molecular formula is C19H33N5O. The van der Waals surface area contributed by atoms with Gasteiger partial charge in [-0.2, -0.15) is 0 Å². The molecule has 1 aromatic heterocycles. The molecule has 2 heterocycles. The van der Waals surface area contributed by atoms with E-state index in [1.807, 2.05) is 19.1 Å². The van der Waals surface area contributed by atoms with Gasteiger partial charge in [0.15, 0.2) is 5.96 Å². The topological polar surface area (TPSA) is 72.8 Å². The summed E-state index contributed by atoms with van der Waals surface area (Å²) >= 11 is 0. The predicted octanol–water partition coefficient (Wildman–Crippen LogP) is 1.93. The van der Waals surface area contributed by atoms with Crippen molar-refractivity contribution < 1.29 is 5.11 Å². The SMILES string of the molecule is CCNC(=NCC(C)(C)N1CCCCC1)NCC(O)c1ccncc1. The molecule has 140 valence electrons. The first-order valence-electron chi connectivity index (χ1n) is 9.38. The lowest BCUT2D eigenvalue weighted by atomic mass is 9.99. The number of aliphatic imine (C=N–C) groups is 1. The number of pyridine rings is 1. The minimum Gasteiger partial charge on any atom is -0.387 e. The normalized spacial score (nSPS) is 18.0. The Labute approximate surface area is 151 Å². The van der Waals surface area contributed by atoms with Crippen molar-refractivity contribution in [2.24, 2.45) is 4.99 Å². The van der Waals surface area contributed by atoms with Crippen molar-refractivity contribution >= 4 is 5.96 Å². The zero-order chi connectivity index (χ0) is 18.1. The average molecular weight is 348 g/mol. The lowest BCUT2D eigenvalue weighted by molar-refractivity contribution is 0.102. The predicted molar refractivity (Wildman–Crippen MR) is 103 cm³/mol. The highest BCUT2D eigenvalue weighted by Gasteiger charge is 2.27. The van der Waals surface area contributed by atoms with Gasteiger partial charge in [-0.25, -0.2) is 0 Å². The molecule has 6 nitrogen and oxygen atoms in total. The summed E-state index contributed by atoms with van der Waals surface area (Å²) in [5, 5.41) is 16.8. The molecule has 0 aliphatic carbocycles. The Hall–Kier alpha value is -1.66. The lowest BCUT2D eigenvalue weighted by Crippen LogP contribution is -2.49. The third-order valence-electron chi connectivity index (χ3n) is 4.73. The number of nitrogens with zero attached hydrogens (tertiary/aromatic N) is 3. The molecule has 6 heteroatoms. The highest BCUT2D eigenvalue weighted by atomic mass is 16.3. The summed E-state index contributed by atoms with van der Waals surface area (Å²) in [4.78, 5) is 11.3. The second-order valence-corrected chi connectivity index (χ2v) is 7.23. The Bertz CT molecular complexity index is 526. The van der Waals surface area contributed by atoms with Crippen LogP contribution in [0.4, 0.5) is 0 Å². The highest BCUT2D eigenvalue weighted by molar-refractivity contribution is 5.79. The van der Waals surface area contributed by atoms with Crippen LogP contribution in [0.15, 0.2) is 29.5 Å². The standard InChI is InChI=1S/C19H33N5O/c1-4-21-18(22-14-17(25)16-8-10-20-11-9-16)23-15-19(2,3)24-12-6-5-7-13-24/h8-11,17,25H,4-7,12-15H2,1-3H3,(H2,21,22,23). The molecule has 1 aliphatic heterocycles. The number of guanidine groups is 1. The van der Waals surface area contributed by atoms with Crippen molar-refractivity contribution in [2.45, 2.75) is 51.7 Å². The van der Waals surface area contributed by atoms with E-state index >= 15 is 0 Å². The molecular weight excluding hydrogens is 314 g/mol. The van der Waals surface area contributed by atoms with Gasteiger partial charge in [-0.1, -0.05) is 6.42 Å². The second-order valence-electron chi connectivity index (χ2n) is 7.23. The van der Waals surface area contributed by atoms with Crippen molar-refractivity contribution in [3.63, 3.8) is 0 Å². The summed E-state index contributed by atoms with van der Waals surface area (Å²) in [6.45, 7) is 10.8. The Morgan fingerprint density at radius 2 is 1.92 bits per heavy atom. The summed E-state index contributed by atoms with van der Waals surface area (Å²) < 4.78 is 0. The molecule has 0 spiro atoms. The zero-order valence-electron chi connectivity index (χ0n) is 15.8. The van der Waals surface area contributed by atoms with Gasteiger partial charge in [0.25, 0.3) is 0 Å². The first kappa shape index (κ1) is 19.7. The molecule has 3 N–H and O–H groups in total. The molecule has 1 unspecified atom stereocenters. The maximum absolute atomic E-state index is 10.3. The monoisotopic (exact) mass is 347 g/mol. The van der Waals surface area contributed by atoms with Crippen molar-refractivity contribution in [3.05, 3.63) is 30.1 Å². The van der Waals surface area contributed by atoms with Gasteiger partial charge in [0.05, 0.1) is 12.6 Å². The number of hydrogen-bond acceptors (Lipinski definition) is 4. The molecule has 1 atom stereocenters. The Morgan fingerprint density at radius 1 is 1.24 bits per heavy atom. The van der Waals surface area contributed by atoms with Crippen LogP contribution in [0.2, 0.25) is 0 Å². The van der Waals surface area contributed by atoms with Crippen LogP contribution in [0.1, 0.15) is 51.7 Å². The third kappa shape index (κ3) is 6.29. The number of likely N-dealkylation sites (tertiary alicyclic amines) is 1. The first-order valence-corrected chi connectivity index (χ1v) is 9.38. The van der Waals surface area contributed by atoms with Crippen molar-refractivity contribution in [2.75, 3.05) is 32.7 Å². The van der Waals surface area contributed by atoms with E-state index < -0.39 is 6.10 Å². The quantitative estimate of drug-likeness (QED) is 0.519. The van der Waals surface area contributed by atoms with Gasteiger partial charge in [0.1, 0.15) is 0 Å². The summed E-state index contributed by atoms with van der Waals surface area (Å²) in [7, 11) is 0. The zero-order valence-corrected chi connectivity index (χ0v) is 15.8. The number of nitrogens with one attached hydrogen (secondary N) is 2. The van der Waals surface area contributed by atoms with Gasteiger partial charge < -0.3 is 15.7 Å². The van der Waals surface area contributed by atoms with Crippen molar-refractivity contribution in [1.29, 1.82) is 0 Å². The van der Waals surface area contributed by atoms with E-state index in [0.717, 1.165) is 37.7 Å². The number of aromatic nitrogens is 1. The lowest BCUT2D eigenvalue weighted by Gasteiger charge is -2.40. The Balaban J connectivity index is 1.91. The number of piperidine rings is 1. The fourth-order valence-electron chi connectivity index (χ4n) is 3.11. The number of aliphatic hydroxyl groups is 1. The summed E-state index contributed by atoms with van der Waals surface area (Å²) in [6.07, 6.45) is 6.71. The van der Waals surface area contributed by atoms with E-state index in [1.165, 1.54) is 19.3 Å². The fourth-order valence-corrected chi connectivity index (χ4v) is 3.11. The molecule has 0 radical (unpaired) electrons. The van der Waals surface area contributed by atoms with Gasteiger partial charge >= 0.3 is 0 Å². The molecule has 0 saturated carbocycles. The van der Waals surface area contributed by atoms with Crippen LogP contribution in [-0.4, -0.2) is 59.2 Å². The highest BCUT2D eigenvalue weighted by Crippen LogP contribution is 2.20. The second kappa shape index (κ2) is 9.73. The van der Waals surface area contributed by atoms with Gasteiger partial charge in [0, 0.05) is 31.0 Å². The third-order valence-corrected chi connectivity index (χ3v) is 4.73. The van der Waals surface area contributed by atoms with Crippen LogP contribution in [0.25, 0.3) is 0 Å². The molecule has 25 heavy (non-hydrogen) atoms. The largest absolute Gasteiger partial charge is 0.387 e. The molecule has 2 rings (SSSR count). The number of aliphatic hydroxyl groups excluding tert-OH is 1. The molecule has 0 aromatic carbocycles.